The van der Waals surface area contributed by atoms with E-state index < -0.39 is 12.4 Å². The Kier molecular flexibility index (Phi) is 13.9. The molecule has 52 valence electrons. The van der Waals surface area contributed by atoms with Crippen molar-refractivity contribution < 1.29 is 48.0 Å². The first-order valence-electron chi connectivity index (χ1n) is 1.29. The van der Waals surface area contributed by atoms with Gasteiger partial charge in [0, 0.05) is 24.0 Å². The van der Waals surface area contributed by atoms with Gasteiger partial charge in [0.05, 0.1) is 0 Å². The van der Waals surface area contributed by atoms with Crippen LogP contribution < -0.4 is 0 Å². The largest absolute Gasteiger partial charge is 0.414 e. The van der Waals surface area contributed by atoms with Gasteiger partial charge < -0.3 is 5.48 Å². The van der Waals surface area contributed by atoms with Gasteiger partial charge in [-0.3, -0.25) is 0 Å². The Morgan fingerprint density at radius 2 is 1.78 bits per heavy atom. The standard InChI is InChI=1S/C2HF3O2.H2O.Zn/c3-1(4)2(6)7-5;;/h1H;1H2;. The van der Waals surface area contributed by atoms with E-state index in [1.807, 2.05) is 0 Å². The van der Waals surface area contributed by atoms with Gasteiger partial charge in [0.15, 0.2) is 0 Å². The molecule has 0 aromatic carbocycles. The van der Waals surface area contributed by atoms with E-state index in [9.17, 15) is 13.3 Å². The quantitative estimate of drug-likeness (QED) is 0.549. The van der Waals surface area contributed by atoms with E-state index in [2.05, 4.69) is 4.94 Å². The molecule has 0 aromatic heterocycles. The van der Waals surface area contributed by atoms with Gasteiger partial charge in [-0.1, -0.05) is 0 Å². The van der Waals surface area contributed by atoms with E-state index in [0.29, 0.717) is 0 Å². The predicted molar refractivity (Wildman–Crippen MR) is 16.8 cm³/mol. The molecular formula is C2H3F3O3Zn. The molecule has 0 amide bonds. The molecule has 0 aliphatic heterocycles. The van der Waals surface area contributed by atoms with Crippen molar-refractivity contribution in [2.45, 2.75) is 6.43 Å². The maximum absolute atomic E-state index is 10.7. The van der Waals surface area contributed by atoms with Crippen LogP contribution in [0.25, 0.3) is 0 Å². The van der Waals surface area contributed by atoms with Crippen molar-refractivity contribution in [3.05, 3.63) is 0 Å². The molecule has 3 nitrogen and oxygen atoms in total. The number of rotatable bonds is 1. The van der Waals surface area contributed by atoms with E-state index in [1.165, 1.54) is 0 Å². The SMILES string of the molecule is O.O=C(OF)C(F)F.[Zn]. The van der Waals surface area contributed by atoms with E-state index in [0.717, 1.165) is 0 Å². The van der Waals surface area contributed by atoms with E-state index in [-0.39, 0.29) is 25.0 Å². The average molecular weight is 197 g/mol. The first kappa shape index (κ1) is 15.9. The molecule has 0 rings (SSSR count). The summed E-state index contributed by atoms with van der Waals surface area (Å²) in [5.41, 5.74) is 0. The third-order valence-corrected chi connectivity index (χ3v) is 0.254. The molecule has 0 spiro atoms. The molecule has 0 aliphatic carbocycles. The van der Waals surface area contributed by atoms with E-state index in [4.69, 9.17) is 4.79 Å². The van der Waals surface area contributed by atoms with Gasteiger partial charge in [-0.25, -0.2) is 9.74 Å². The maximum Gasteiger partial charge on any atom is 0.414 e. The molecule has 0 aromatic rings. The van der Waals surface area contributed by atoms with Crippen molar-refractivity contribution in [1.29, 1.82) is 0 Å². The van der Waals surface area contributed by atoms with Crippen molar-refractivity contribution in [3.63, 3.8) is 0 Å². The number of hydrogen-bond acceptors (Lipinski definition) is 2. The average Bonchev–Trinajstić information content (AvgIpc) is 1.65. The molecular weight excluding hydrogens is 194 g/mol. The maximum atomic E-state index is 10.7. The monoisotopic (exact) mass is 196 g/mol. The molecule has 0 unspecified atom stereocenters. The van der Waals surface area contributed by atoms with Crippen LogP contribution in [0, 0.1) is 0 Å². The molecule has 0 saturated carbocycles. The van der Waals surface area contributed by atoms with Gasteiger partial charge in [-0.05, 0) is 0 Å². The normalized spacial score (nSPS) is 7.11. The fourth-order valence-corrected chi connectivity index (χ4v) is 0.0337. The van der Waals surface area contributed by atoms with E-state index in [1.54, 1.807) is 0 Å². The number of hydrogen-bond donors (Lipinski definition) is 0. The Balaban J connectivity index is -0.000000180. The second-order valence-electron chi connectivity index (χ2n) is 0.697. The Hall–Kier alpha value is -0.157. The zero-order valence-corrected chi connectivity index (χ0v) is 7.20. The molecule has 7 heteroatoms. The van der Waals surface area contributed by atoms with Crippen molar-refractivity contribution in [2.75, 3.05) is 0 Å². The summed E-state index contributed by atoms with van der Waals surface area (Å²) in [4.78, 5) is 11.3. The van der Waals surface area contributed by atoms with Gasteiger partial charge in [-0.2, -0.15) is 8.78 Å². The Morgan fingerprint density at radius 3 is 1.78 bits per heavy atom. The summed E-state index contributed by atoms with van der Waals surface area (Å²) in [6, 6.07) is 0. The smallest absolute Gasteiger partial charge is 0.412 e. The van der Waals surface area contributed by atoms with Crippen LogP contribution >= 0.6 is 0 Å². The summed E-state index contributed by atoms with van der Waals surface area (Å²) in [7, 11) is 0. The summed E-state index contributed by atoms with van der Waals surface area (Å²) in [5.74, 6) is -2.15. The van der Waals surface area contributed by atoms with Crippen LogP contribution in [0.3, 0.4) is 0 Å². The van der Waals surface area contributed by atoms with E-state index >= 15 is 0 Å². The number of alkyl halides is 2. The molecule has 9 heavy (non-hydrogen) atoms. The van der Waals surface area contributed by atoms with Crippen LogP contribution in [0.2, 0.25) is 0 Å². The summed E-state index contributed by atoms with van der Waals surface area (Å²) < 4.78 is 31.7. The topological polar surface area (TPSA) is 57.8 Å². The number of carbonyl (C=O) groups is 1. The van der Waals surface area contributed by atoms with Crippen LogP contribution in [0.1, 0.15) is 0 Å². The third-order valence-electron chi connectivity index (χ3n) is 0.254. The van der Waals surface area contributed by atoms with Crippen molar-refractivity contribution >= 4 is 5.97 Å². The van der Waals surface area contributed by atoms with Crippen molar-refractivity contribution in [2.24, 2.45) is 0 Å². The summed E-state index contributed by atoms with van der Waals surface area (Å²) >= 11 is 0. The molecule has 2 N–H and O–H groups in total. The molecule has 0 bridgehead atoms. The minimum absolute atomic E-state index is 0. The van der Waals surface area contributed by atoms with Crippen LogP contribution in [-0.2, 0) is 29.2 Å². The van der Waals surface area contributed by atoms with Gasteiger partial charge in [0.25, 0.3) is 0 Å². The second-order valence-corrected chi connectivity index (χ2v) is 0.697. The third kappa shape index (κ3) is 7.84. The first-order valence-corrected chi connectivity index (χ1v) is 1.29. The number of carbonyl (C=O) groups excluding carboxylic acids is 1. The van der Waals surface area contributed by atoms with Crippen LogP contribution in [0.5, 0.6) is 0 Å². The van der Waals surface area contributed by atoms with Gasteiger partial charge in [-0.15, -0.1) is 0 Å². The molecule has 0 heterocycles. The Bertz CT molecular complexity index is 77.5. The van der Waals surface area contributed by atoms with Gasteiger partial charge in [0.2, 0.25) is 0 Å². The van der Waals surface area contributed by atoms with Crippen molar-refractivity contribution in [3.8, 4) is 0 Å². The summed E-state index contributed by atoms with van der Waals surface area (Å²) in [6.45, 7) is 0. The fourth-order valence-electron chi connectivity index (χ4n) is 0.0337. The van der Waals surface area contributed by atoms with Crippen molar-refractivity contribution in [1.82, 2.24) is 0 Å². The number of halogens is 3. The molecule has 0 atom stereocenters. The minimum Gasteiger partial charge on any atom is -0.412 e. The van der Waals surface area contributed by atoms with Gasteiger partial charge in [0.1, 0.15) is 0 Å². The van der Waals surface area contributed by atoms with Crippen LogP contribution in [-0.4, -0.2) is 17.9 Å². The van der Waals surface area contributed by atoms with Crippen LogP contribution in [0.4, 0.5) is 13.3 Å². The zero-order valence-electron chi connectivity index (χ0n) is 4.23. The summed E-state index contributed by atoms with van der Waals surface area (Å²) in [6.07, 6.45) is -3.37. The molecule has 0 fully saturated rings. The Labute approximate surface area is 61.1 Å². The van der Waals surface area contributed by atoms with Gasteiger partial charge >= 0.3 is 12.4 Å². The first-order chi connectivity index (χ1) is 3.18. The zero-order chi connectivity index (χ0) is 5.86. The molecule has 0 saturated heterocycles. The fraction of sp³-hybridized carbons (Fsp3) is 0.500. The molecule has 0 radical (unpaired) electrons. The molecule has 0 aliphatic rings. The minimum atomic E-state index is -3.37. The van der Waals surface area contributed by atoms with Crippen LogP contribution in [0.15, 0.2) is 0 Å². The summed E-state index contributed by atoms with van der Waals surface area (Å²) in [5, 5.41) is 0. The predicted octanol–water partition coefficient (Wildman–Crippen LogP) is -0.148. The second kappa shape index (κ2) is 7.84. The Morgan fingerprint density at radius 1 is 1.44 bits per heavy atom.